The maximum absolute atomic E-state index is 12.6. The molecular formula is C20H26N4OS. The van der Waals surface area contributed by atoms with Crippen LogP contribution in [0.1, 0.15) is 36.6 Å². The van der Waals surface area contributed by atoms with Crippen molar-refractivity contribution >= 4 is 22.4 Å². The van der Waals surface area contributed by atoms with E-state index in [9.17, 15) is 4.79 Å². The van der Waals surface area contributed by atoms with Gasteiger partial charge in [-0.1, -0.05) is 31.2 Å². The summed E-state index contributed by atoms with van der Waals surface area (Å²) >= 11 is 1.52. The third-order valence-corrected chi connectivity index (χ3v) is 6.11. The first kappa shape index (κ1) is 17.6. The molecule has 0 radical (unpaired) electrons. The van der Waals surface area contributed by atoms with Crippen molar-refractivity contribution in [2.45, 2.75) is 45.3 Å². The summed E-state index contributed by atoms with van der Waals surface area (Å²) in [5.41, 5.74) is 3.59. The third kappa shape index (κ3) is 4.14. The molecule has 0 saturated carbocycles. The molecule has 6 heteroatoms. The lowest BCUT2D eigenvalue weighted by Gasteiger charge is -2.30. The van der Waals surface area contributed by atoms with Crippen LogP contribution in [0.25, 0.3) is 0 Å². The second-order valence-electron chi connectivity index (χ2n) is 7.52. The van der Waals surface area contributed by atoms with Crippen molar-refractivity contribution in [2.24, 2.45) is 5.92 Å². The smallest absolute Gasteiger partial charge is 0.243 e. The van der Waals surface area contributed by atoms with E-state index in [2.05, 4.69) is 45.0 Å². The quantitative estimate of drug-likeness (QED) is 0.869. The number of fused-ring (bicyclic) bond motifs is 1. The van der Waals surface area contributed by atoms with Gasteiger partial charge in [0.1, 0.15) is 0 Å². The number of nitrogens with one attached hydrogen (secondary N) is 2. The Morgan fingerprint density at radius 1 is 1.38 bits per heavy atom. The molecule has 0 spiro atoms. The molecule has 138 valence electrons. The minimum atomic E-state index is -0.194. The molecule has 1 aromatic heterocycles. The van der Waals surface area contributed by atoms with Crippen LogP contribution in [0.15, 0.2) is 29.6 Å². The number of hydrogen-bond donors (Lipinski definition) is 2. The molecule has 2 aliphatic rings. The number of carbonyl (C=O) groups excluding carboxylic acids is 1. The summed E-state index contributed by atoms with van der Waals surface area (Å²) in [6, 6.07) is 8.11. The Morgan fingerprint density at radius 2 is 2.23 bits per heavy atom. The molecule has 26 heavy (non-hydrogen) atoms. The van der Waals surface area contributed by atoms with Crippen molar-refractivity contribution in [1.29, 1.82) is 0 Å². The summed E-state index contributed by atoms with van der Waals surface area (Å²) in [7, 11) is 0. The Morgan fingerprint density at radius 3 is 3.08 bits per heavy atom. The number of rotatable bonds is 4. The fourth-order valence-electron chi connectivity index (χ4n) is 3.93. The largest absolute Gasteiger partial charge is 0.301 e. The third-order valence-electron chi connectivity index (χ3n) is 5.31. The van der Waals surface area contributed by atoms with Gasteiger partial charge in [-0.05, 0) is 42.9 Å². The Labute approximate surface area is 158 Å². The molecule has 0 aliphatic carbocycles. The van der Waals surface area contributed by atoms with Crippen molar-refractivity contribution in [3.8, 4) is 0 Å². The predicted molar refractivity (Wildman–Crippen MR) is 105 cm³/mol. The predicted octanol–water partition coefficient (Wildman–Crippen LogP) is 3.03. The van der Waals surface area contributed by atoms with E-state index >= 15 is 0 Å². The van der Waals surface area contributed by atoms with Crippen LogP contribution in [0, 0.1) is 5.92 Å². The SMILES string of the molecule is CC1CCCN(Cc2csc(NC(=O)C3Cc4ccccc4CN3)n2)C1. The molecule has 4 rings (SSSR count). The molecule has 0 bridgehead atoms. The van der Waals surface area contributed by atoms with Crippen LogP contribution in [-0.2, 0) is 24.3 Å². The zero-order chi connectivity index (χ0) is 17.9. The number of thiazole rings is 1. The highest BCUT2D eigenvalue weighted by molar-refractivity contribution is 7.13. The van der Waals surface area contributed by atoms with Crippen molar-refractivity contribution in [2.75, 3.05) is 18.4 Å². The lowest BCUT2D eigenvalue weighted by molar-refractivity contribution is -0.118. The van der Waals surface area contributed by atoms with Crippen LogP contribution in [0.2, 0.25) is 0 Å². The normalized spacial score (nSPS) is 23.4. The van der Waals surface area contributed by atoms with Crippen molar-refractivity contribution < 1.29 is 4.79 Å². The molecule has 2 unspecified atom stereocenters. The maximum atomic E-state index is 12.6. The van der Waals surface area contributed by atoms with Crippen molar-refractivity contribution in [1.82, 2.24) is 15.2 Å². The molecule has 1 aromatic carbocycles. The lowest BCUT2D eigenvalue weighted by atomic mass is 9.95. The minimum absolute atomic E-state index is 0.00648. The zero-order valence-electron chi connectivity index (χ0n) is 15.2. The monoisotopic (exact) mass is 370 g/mol. The Kier molecular flexibility index (Phi) is 5.33. The van der Waals surface area contributed by atoms with Gasteiger partial charge in [-0.25, -0.2) is 4.98 Å². The van der Waals surface area contributed by atoms with Crippen molar-refractivity contribution in [3.05, 3.63) is 46.5 Å². The first-order valence-electron chi connectivity index (χ1n) is 9.45. The Hall–Kier alpha value is -1.76. The molecule has 2 aromatic rings. The van der Waals surface area contributed by atoms with E-state index in [-0.39, 0.29) is 11.9 Å². The summed E-state index contributed by atoms with van der Waals surface area (Å²) in [5, 5.41) is 9.10. The zero-order valence-corrected chi connectivity index (χ0v) is 16.0. The van der Waals surface area contributed by atoms with Gasteiger partial charge in [-0.2, -0.15) is 0 Å². The van der Waals surface area contributed by atoms with Gasteiger partial charge in [-0.3, -0.25) is 9.69 Å². The van der Waals surface area contributed by atoms with Crippen molar-refractivity contribution in [3.63, 3.8) is 0 Å². The Balaban J connectivity index is 1.33. The van der Waals surface area contributed by atoms with Crippen LogP contribution in [0.5, 0.6) is 0 Å². The molecule has 2 atom stereocenters. The van der Waals surface area contributed by atoms with Crippen LogP contribution < -0.4 is 10.6 Å². The first-order valence-corrected chi connectivity index (χ1v) is 10.3. The van der Waals surface area contributed by atoms with E-state index in [4.69, 9.17) is 0 Å². The lowest BCUT2D eigenvalue weighted by Crippen LogP contribution is -2.44. The van der Waals surface area contributed by atoms with E-state index in [1.54, 1.807) is 0 Å². The van der Waals surface area contributed by atoms with Gasteiger partial charge in [-0.15, -0.1) is 11.3 Å². The fourth-order valence-corrected chi connectivity index (χ4v) is 4.63. The summed E-state index contributed by atoms with van der Waals surface area (Å²) in [6.45, 7) is 6.23. The average Bonchev–Trinajstić information content (AvgIpc) is 3.08. The number of aromatic nitrogens is 1. The highest BCUT2D eigenvalue weighted by atomic mass is 32.1. The van der Waals surface area contributed by atoms with Gasteiger partial charge in [0, 0.05) is 25.0 Å². The van der Waals surface area contributed by atoms with Gasteiger partial charge >= 0.3 is 0 Å². The molecule has 2 N–H and O–H groups in total. The molecule has 1 fully saturated rings. The highest BCUT2D eigenvalue weighted by Crippen LogP contribution is 2.22. The van der Waals surface area contributed by atoms with Gasteiger partial charge in [0.25, 0.3) is 0 Å². The molecular weight excluding hydrogens is 344 g/mol. The standard InChI is InChI=1S/C20H26N4OS/c1-14-5-4-8-24(11-14)12-17-13-26-20(22-17)23-19(25)18-9-15-6-2-3-7-16(15)10-21-18/h2-3,6-7,13-14,18,21H,4-5,8-12H2,1H3,(H,22,23,25). The molecule has 5 nitrogen and oxygen atoms in total. The molecule has 2 aliphatic heterocycles. The number of hydrogen-bond acceptors (Lipinski definition) is 5. The van der Waals surface area contributed by atoms with Crippen LogP contribution >= 0.6 is 11.3 Å². The van der Waals surface area contributed by atoms with Gasteiger partial charge in [0.05, 0.1) is 11.7 Å². The van der Waals surface area contributed by atoms with Gasteiger partial charge in [0.15, 0.2) is 5.13 Å². The maximum Gasteiger partial charge on any atom is 0.243 e. The highest BCUT2D eigenvalue weighted by Gasteiger charge is 2.24. The van der Waals surface area contributed by atoms with E-state index in [0.717, 1.165) is 44.2 Å². The first-order chi connectivity index (χ1) is 12.7. The summed E-state index contributed by atoms with van der Waals surface area (Å²) in [5.74, 6) is 0.772. The van der Waals surface area contributed by atoms with E-state index in [1.807, 2.05) is 12.1 Å². The molecule has 3 heterocycles. The minimum Gasteiger partial charge on any atom is -0.301 e. The summed E-state index contributed by atoms with van der Waals surface area (Å²) in [4.78, 5) is 19.7. The van der Waals surface area contributed by atoms with Crippen LogP contribution in [0.4, 0.5) is 5.13 Å². The molecule has 1 saturated heterocycles. The fraction of sp³-hybridized carbons (Fsp3) is 0.500. The van der Waals surface area contributed by atoms with E-state index < -0.39 is 0 Å². The van der Waals surface area contributed by atoms with E-state index in [0.29, 0.717) is 5.13 Å². The number of amides is 1. The summed E-state index contributed by atoms with van der Waals surface area (Å²) in [6.07, 6.45) is 3.32. The van der Waals surface area contributed by atoms with Crippen LogP contribution in [0.3, 0.4) is 0 Å². The Bertz CT molecular complexity index is 775. The number of likely N-dealkylation sites (tertiary alicyclic amines) is 1. The second kappa shape index (κ2) is 7.86. The summed E-state index contributed by atoms with van der Waals surface area (Å²) < 4.78 is 0. The molecule has 1 amide bonds. The number of nitrogens with zero attached hydrogens (tertiary/aromatic N) is 2. The topological polar surface area (TPSA) is 57.3 Å². The van der Waals surface area contributed by atoms with Crippen LogP contribution in [-0.4, -0.2) is 34.9 Å². The number of benzene rings is 1. The van der Waals surface area contributed by atoms with E-state index in [1.165, 1.54) is 35.3 Å². The second-order valence-corrected chi connectivity index (χ2v) is 8.38. The number of carbonyl (C=O) groups is 1. The number of anilines is 1. The number of piperidine rings is 1. The average molecular weight is 371 g/mol. The van der Waals surface area contributed by atoms with Gasteiger partial charge < -0.3 is 10.6 Å². The van der Waals surface area contributed by atoms with Gasteiger partial charge in [0.2, 0.25) is 5.91 Å².